The Balaban J connectivity index is 2.21. The molecule has 0 N–H and O–H groups in total. The van der Waals surface area contributed by atoms with Crippen molar-refractivity contribution in [2.24, 2.45) is 7.05 Å². The molecule has 2 heterocycles. The summed E-state index contributed by atoms with van der Waals surface area (Å²) >= 11 is 0. The molecule has 0 saturated carbocycles. The van der Waals surface area contributed by atoms with Crippen molar-refractivity contribution in [2.45, 2.75) is 18.9 Å². The third-order valence-electron chi connectivity index (χ3n) is 2.07. The molecule has 0 radical (unpaired) electrons. The summed E-state index contributed by atoms with van der Waals surface area (Å²) < 4.78 is 6.96. The number of aryl methyl sites for hydroxylation is 1. The molecular weight excluding hydrogens is 156 g/mol. The van der Waals surface area contributed by atoms with Crippen LogP contribution in [0.3, 0.4) is 0 Å². The minimum absolute atomic E-state index is 0.0787. The number of carbonyl (C=O) groups excluding carboxylic acids is 1. The third kappa shape index (κ3) is 1.09. The van der Waals surface area contributed by atoms with Crippen LogP contribution in [0.1, 0.15) is 24.6 Å². The van der Waals surface area contributed by atoms with Gasteiger partial charge in [0.1, 0.15) is 6.10 Å². The van der Waals surface area contributed by atoms with Crippen molar-refractivity contribution < 1.29 is 9.53 Å². The lowest BCUT2D eigenvalue weighted by Crippen LogP contribution is -2.03. The number of imidazole rings is 1. The van der Waals surface area contributed by atoms with E-state index in [0.29, 0.717) is 6.42 Å². The topological polar surface area (TPSA) is 44.1 Å². The second-order valence-electron chi connectivity index (χ2n) is 2.95. The Morgan fingerprint density at radius 1 is 1.75 bits per heavy atom. The number of cyclic esters (lactones) is 1. The summed E-state index contributed by atoms with van der Waals surface area (Å²) in [6.45, 7) is 0. The lowest BCUT2D eigenvalue weighted by Gasteiger charge is -2.08. The van der Waals surface area contributed by atoms with Crippen LogP contribution in [0.2, 0.25) is 0 Å². The predicted molar refractivity (Wildman–Crippen MR) is 41.3 cm³/mol. The van der Waals surface area contributed by atoms with Gasteiger partial charge >= 0.3 is 5.97 Å². The van der Waals surface area contributed by atoms with Crippen LogP contribution in [0.25, 0.3) is 0 Å². The Morgan fingerprint density at radius 3 is 3.08 bits per heavy atom. The van der Waals surface area contributed by atoms with Gasteiger partial charge in [0.2, 0.25) is 0 Å². The summed E-state index contributed by atoms with van der Waals surface area (Å²) in [5.74, 6) is -0.110. The zero-order valence-corrected chi connectivity index (χ0v) is 6.86. The molecule has 1 atom stereocenters. The van der Waals surface area contributed by atoms with Gasteiger partial charge in [0.25, 0.3) is 0 Å². The standard InChI is InChI=1S/C8H10N2O2/c1-10-5-9-4-6(10)7-2-3-8(11)12-7/h4-5,7H,2-3H2,1H3. The van der Waals surface area contributed by atoms with E-state index in [1.807, 2.05) is 11.6 Å². The molecule has 2 rings (SSSR count). The molecule has 1 aliphatic heterocycles. The normalized spacial score (nSPS) is 22.8. The maximum Gasteiger partial charge on any atom is 0.306 e. The van der Waals surface area contributed by atoms with Gasteiger partial charge in [-0.25, -0.2) is 4.98 Å². The van der Waals surface area contributed by atoms with E-state index in [1.54, 1.807) is 12.5 Å². The summed E-state index contributed by atoms with van der Waals surface area (Å²) in [5.41, 5.74) is 0.973. The van der Waals surface area contributed by atoms with Crippen LogP contribution in [0.15, 0.2) is 12.5 Å². The first-order valence-electron chi connectivity index (χ1n) is 3.93. The molecule has 1 saturated heterocycles. The van der Waals surface area contributed by atoms with Crippen LogP contribution < -0.4 is 0 Å². The number of ether oxygens (including phenoxy) is 1. The number of rotatable bonds is 1. The molecule has 4 heteroatoms. The number of carbonyl (C=O) groups is 1. The van der Waals surface area contributed by atoms with Crippen molar-refractivity contribution in [3.8, 4) is 0 Å². The van der Waals surface area contributed by atoms with Crippen LogP contribution >= 0.6 is 0 Å². The number of hydrogen-bond donors (Lipinski definition) is 0. The molecule has 1 unspecified atom stereocenters. The lowest BCUT2D eigenvalue weighted by atomic mass is 10.2. The van der Waals surface area contributed by atoms with Crippen LogP contribution in [0.5, 0.6) is 0 Å². The van der Waals surface area contributed by atoms with Gasteiger partial charge in [-0.2, -0.15) is 0 Å². The quantitative estimate of drug-likeness (QED) is 0.579. The molecule has 1 aromatic rings. The largest absolute Gasteiger partial charge is 0.456 e. The highest BCUT2D eigenvalue weighted by Crippen LogP contribution is 2.28. The van der Waals surface area contributed by atoms with Gasteiger partial charge in [0.05, 0.1) is 18.2 Å². The monoisotopic (exact) mass is 166 g/mol. The minimum atomic E-state index is -0.110. The van der Waals surface area contributed by atoms with E-state index >= 15 is 0 Å². The minimum Gasteiger partial charge on any atom is -0.456 e. The van der Waals surface area contributed by atoms with Crippen LogP contribution in [0.4, 0.5) is 0 Å². The molecule has 0 spiro atoms. The maximum atomic E-state index is 10.8. The Labute approximate surface area is 70.2 Å². The molecule has 1 aliphatic rings. The van der Waals surface area contributed by atoms with E-state index in [2.05, 4.69) is 4.98 Å². The molecule has 12 heavy (non-hydrogen) atoms. The van der Waals surface area contributed by atoms with Crippen molar-refractivity contribution >= 4 is 5.97 Å². The Bertz CT molecular complexity index is 306. The van der Waals surface area contributed by atoms with E-state index in [9.17, 15) is 4.79 Å². The van der Waals surface area contributed by atoms with Gasteiger partial charge in [-0.3, -0.25) is 4.79 Å². The number of nitrogens with zero attached hydrogens (tertiary/aromatic N) is 2. The predicted octanol–water partition coefficient (Wildman–Crippen LogP) is 0.798. The molecule has 0 amide bonds. The molecule has 1 fully saturated rings. The SMILES string of the molecule is Cn1cncc1C1CCC(=O)O1. The number of aromatic nitrogens is 2. The molecule has 1 aromatic heterocycles. The van der Waals surface area contributed by atoms with Crippen LogP contribution in [0, 0.1) is 0 Å². The van der Waals surface area contributed by atoms with Crippen molar-refractivity contribution in [3.63, 3.8) is 0 Å². The summed E-state index contributed by atoms with van der Waals surface area (Å²) in [4.78, 5) is 14.8. The first-order chi connectivity index (χ1) is 5.77. The summed E-state index contributed by atoms with van der Waals surface area (Å²) in [6, 6.07) is 0. The van der Waals surface area contributed by atoms with Crippen molar-refractivity contribution in [3.05, 3.63) is 18.2 Å². The Morgan fingerprint density at radius 2 is 2.58 bits per heavy atom. The van der Waals surface area contributed by atoms with Crippen molar-refractivity contribution in [1.82, 2.24) is 9.55 Å². The van der Waals surface area contributed by atoms with Gasteiger partial charge < -0.3 is 9.30 Å². The van der Waals surface area contributed by atoms with E-state index in [0.717, 1.165) is 12.1 Å². The molecule has 0 aliphatic carbocycles. The highest BCUT2D eigenvalue weighted by atomic mass is 16.5. The number of hydrogen-bond acceptors (Lipinski definition) is 3. The highest BCUT2D eigenvalue weighted by Gasteiger charge is 2.26. The molecule has 0 aromatic carbocycles. The fourth-order valence-electron chi connectivity index (χ4n) is 1.41. The maximum absolute atomic E-state index is 10.8. The second-order valence-corrected chi connectivity index (χ2v) is 2.95. The van der Waals surface area contributed by atoms with E-state index in [4.69, 9.17) is 4.74 Å². The first kappa shape index (κ1) is 7.34. The van der Waals surface area contributed by atoms with Crippen LogP contribution in [-0.2, 0) is 16.6 Å². The average molecular weight is 166 g/mol. The fraction of sp³-hybridized carbons (Fsp3) is 0.500. The third-order valence-corrected chi connectivity index (χ3v) is 2.07. The molecule has 4 nitrogen and oxygen atoms in total. The number of esters is 1. The molecule has 64 valence electrons. The van der Waals surface area contributed by atoms with Gasteiger partial charge in [-0.05, 0) is 0 Å². The van der Waals surface area contributed by atoms with Crippen molar-refractivity contribution in [2.75, 3.05) is 0 Å². The summed E-state index contributed by atoms with van der Waals surface area (Å²) in [7, 11) is 1.90. The fourth-order valence-corrected chi connectivity index (χ4v) is 1.41. The van der Waals surface area contributed by atoms with Gasteiger partial charge in [-0.1, -0.05) is 0 Å². The second kappa shape index (κ2) is 2.62. The van der Waals surface area contributed by atoms with Crippen molar-refractivity contribution in [1.29, 1.82) is 0 Å². The average Bonchev–Trinajstić information content (AvgIpc) is 2.58. The smallest absolute Gasteiger partial charge is 0.306 e. The zero-order chi connectivity index (χ0) is 8.55. The van der Waals surface area contributed by atoms with E-state index in [1.165, 1.54) is 0 Å². The first-order valence-corrected chi connectivity index (χ1v) is 3.93. The van der Waals surface area contributed by atoms with Crippen LogP contribution in [-0.4, -0.2) is 15.5 Å². The lowest BCUT2D eigenvalue weighted by molar-refractivity contribution is -0.141. The summed E-state index contributed by atoms with van der Waals surface area (Å²) in [6.07, 6.45) is 4.67. The van der Waals surface area contributed by atoms with E-state index in [-0.39, 0.29) is 12.1 Å². The highest BCUT2D eigenvalue weighted by molar-refractivity contribution is 5.71. The zero-order valence-electron chi connectivity index (χ0n) is 6.86. The van der Waals surface area contributed by atoms with Gasteiger partial charge in [0.15, 0.2) is 0 Å². The molecule has 0 bridgehead atoms. The Hall–Kier alpha value is -1.32. The molecular formula is C8H10N2O2. The summed E-state index contributed by atoms with van der Waals surface area (Å²) in [5, 5.41) is 0. The van der Waals surface area contributed by atoms with Gasteiger partial charge in [0, 0.05) is 19.9 Å². The van der Waals surface area contributed by atoms with E-state index < -0.39 is 0 Å². The van der Waals surface area contributed by atoms with Gasteiger partial charge in [-0.15, -0.1) is 0 Å². The Kier molecular flexibility index (Phi) is 1.60.